The van der Waals surface area contributed by atoms with Crippen molar-refractivity contribution in [1.82, 2.24) is 28.8 Å². The minimum atomic E-state index is -0.408. The van der Waals surface area contributed by atoms with Crippen molar-refractivity contribution in [3.63, 3.8) is 0 Å². The molecule has 4 aromatic rings. The molecule has 37 heavy (non-hydrogen) atoms. The summed E-state index contributed by atoms with van der Waals surface area (Å²) < 4.78 is 5.08. The van der Waals surface area contributed by atoms with Crippen molar-refractivity contribution in [1.29, 1.82) is 0 Å². The number of fused-ring (bicyclic) bond motifs is 3. The van der Waals surface area contributed by atoms with Crippen LogP contribution in [0.2, 0.25) is 0 Å². The van der Waals surface area contributed by atoms with Gasteiger partial charge in [0.25, 0.3) is 11.1 Å². The van der Waals surface area contributed by atoms with Gasteiger partial charge in [0, 0.05) is 54.7 Å². The Morgan fingerprint density at radius 3 is 2.59 bits per heavy atom. The first-order valence-electron chi connectivity index (χ1n) is 12.9. The molecule has 4 heterocycles. The number of pyridine rings is 1. The number of benzene rings is 1. The summed E-state index contributed by atoms with van der Waals surface area (Å²) in [6.45, 7) is 10.3. The molecule has 1 aromatic carbocycles. The molecule has 0 amide bonds. The summed E-state index contributed by atoms with van der Waals surface area (Å²) in [6.07, 6.45) is 5.88. The molecule has 0 radical (unpaired) electrons. The van der Waals surface area contributed by atoms with Crippen LogP contribution in [-0.4, -0.2) is 42.4 Å². The van der Waals surface area contributed by atoms with E-state index in [0.717, 1.165) is 18.8 Å². The number of nitrogens with one attached hydrogen (secondary N) is 1. The van der Waals surface area contributed by atoms with E-state index in [1.54, 1.807) is 32.4 Å². The van der Waals surface area contributed by atoms with Gasteiger partial charge in [-0.2, -0.15) is 4.98 Å². The molecule has 192 valence electrons. The first-order valence-corrected chi connectivity index (χ1v) is 12.9. The van der Waals surface area contributed by atoms with E-state index in [-0.39, 0.29) is 11.1 Å². The molecule has 1 saturated carbocycles. The van der Waals surface area contributed by atoms with E-state index in [2.05, 4.69) is 40.4 Å². The van der Waals surface area contributed by atoms with Crippen LogP contribution in [0.4, 0.5) is 11.6 Å². The molecule has 1 aliphatic heterocycles. The average Bonchev–Trinajstić information content (AvgIpc) is 3.54. The number of hydrogen-bond donors (Lipinski definition) is 1. The smallest absolute Gasteiger partial charge is 0.278 e. The molecule has 1 spiro atoms. The van der Waals surface area contributed by atoms with Crippen molar-refractivity contribution in [2.75, 3.05) is 18.9 Å². The second kappa shape index (κ2) is 8.14. The van der Waals surface area contributed by atoms with Crippen LogP contribution in [0, 0.1) is 0 Å². The third-order valence-corrected chi connectivity index (χ3v) is 7.64. The van der Waals surface area contributed by atoms with Crippen LogP contribution in [0.1, 0.15) is 51.7 Å². The maximum absolute atomic E-state index is 13.2. The molecule has 0 unspecified atom stereocenters. The zero-order valence-electron chi connectivity index (χ0n) is 22.1. The normalized spacial score (nSPS) is 16.8. The summed E-state index contributed by atoms with van der Waals surface area (Å²) in [6, 6.07) is 9.81. The second-order valence-corrected chi connectivity index (χ2v) is 11.5. The standard InChI is InChI=1S/C28H33N7O2/c1-6-34-25(37)21-14-29-26(30-19-7-9-22-18(13-19)15-32(5)17-28(22)11-12-28)31-24(21)35(34)20-8-10-23(36)33(16-20)27(2,3)4/h7-10,13-14,16H,6,11-12,15,17H2,1-5H3,(H,29,30,31). The molecule has 1 aliphatic carbocycles. The Morgan fingerprint density at radius 1 is 1.11 bits per heavy atom. The van der Waals surface area contributed by atoms with E-state index in [4.69, 9.17) is 4.98 Å². The highest BCUT2D eigenvalue weighted by Crippen LogP contribution is 2.52. The molecular weight excluding hydrogens is 466 g/mol. The lowest BCUT2D eigenvalue weighted by atomic mass is 9.87. The second-order valence-electron chi connectivity index (χ2n) is 11.5. The lowest BCUT2D eigenvalue weighted by Crippen LogP contribution is -2.35. The summed E-state index contributed by atoms with van der Waals surface area (Å²) in [5.41, 5.74) is 4.59. The van der Waals surface area contributed by atoms with Gasteiger partial charge in [0.05, 0.1) is 5.69 Å². The molecule has 0 saturated heterocycles. The summed E-state index contributed by atoms with van der Waals surface area (Å²) in [7, 11) is 2.18. The van der Waals surface area contributed by atoms with Crippen molar-refractivity contribution in [3.8, 4) is 5.69 Å². The summed E-state index contributed by atoms with van der Waals surface area (Å²) in [5.74, 6) is 0.420. The van der Waals surface area contributed by atoms with Crippen LogP contribution in [0.3, 0.4) is 0 Å². The minimum Gasteiger partial charge on any atom is -0.324 e. The SMILES string of the molecule is CCn1c(=O)c2cnc(Nc3ccc4c(c3)CN(C)CC43CC3)nc2n1-c1ccc(=O)n(C(C)(C)C)c1. The maximum Gasteiger partial charge on any atom is 0.278 e. The Hall–Kier alpha value is -3.72. The third kappa shape index (κ3) is 3.89. The predicted octanol–water partition coefficient (Wildman–Crippen LogP) is 3.74. The number of aromatic nitrogens is 5. The molecule has 1 fully saturated rings. The molecule has 3 aromatic heterocycles. The molecule has 1 N–H and O–H groups in total. The average molecular weight is 500 g/mol. The molecular formula is C28H33N7O2. The molecule has 9 heteroatoms. The van der Waals surface area contributed by atoms with E-state index in [1.807, 2.05) is 27.7 Å². The van der Waals surface area contributed by atoms with Gasteiger partial charge in [0.1, 0.15) is 5.39 Å². The van der Waals surface area contributed by atoms with Gasteiger partial charge in [-0.1, -0.05) is 6.07 Å². The monoisotopic (exact) mass is 499 g/mol. The highest BCUT2D eigenvalue weighted by Gasteiger charge is 2.48. The molecule has 2 aliphatic rings. The van der Waals surface area contributed by atoms with Crippen molar-refractivity contribution in [3.05, 3.63) is 74.6 Å². The lowest BCUT2D eigenvalue weighted by molar-refractivity contribution is 0.271. The van der Waals surface area contributed by atoms with E-state index in [9.17, 15) is 9.59 Å². The van der Waals surface area contributed by atoms with E-state index in [1.165, 1.54) is 30.0 Å². The van der Waals surface area contributed by atoms with Crippen LogP contribution in [-0.2, 0) is 24.0 Å². The quantitative estimate of drug-likeness (QED) is 0.460. The fraction of sp³-hybridized carbons (Fsp3) is 0.429. The molecule has 9 nitrogen and oxygen atoms in total. The van der Waals surface area contributed by atoms with Crippen molar-refractivity contribution >= 4 is 22.7 Å². The molecule has 0 atom stereocenters. The van der Waals surface area contributed by atoms with Gasteiger partial charge in [0.2, 0.25) is 5.95 Å². The van der Waals surface area contributed by atoms with Gasteiger partial charge >= 0.3 is 0 Å². The first-order chi connectivity index (χ1) is 17.6. The van der Waals surface area contributed by atoms with Gasteiger partial charge in [-0.05, 0) is 76.9 Å². The summed E-state index contributed by atoms with van der Waals surface area (Å²) in [4.78, 5) is 37.4. The highest BCUT2D eigenvalue weighted by atomic mass is 16.1. The largest absolute Gasteiger partial charge is 0.324 e. The van der Waals surface area contributed by atoms with E-state index < -0.39 is 5.54 Å². The van der Waals surface area contributed by atoms with Crippen LogP contribution in [0.15, 0.2) is 52.3 Å². The molecule has 6 rings (SSSR count). The maximum atomic E-state index is 13.2. The van der Waals surface area contributed by atoms with Gasteiger partial charge in [-0.25, -0.2) is 14.3 Å². The van der Waals surface area contributed by atoms with Crippen LogP contribution < -0.4 is 16.4 Å². The van der Waals surface area contributed by atoms with Gasteiger partial charge < -0.3 is 14.8 Å². The summed E-state index contributed by atoms with van der Waals surface area (Å²) >= 11 is 0. The Bertz CT molecular complexity index is 1650. The van der Waals surface area contributed by atoms with Crippen LogP contribution in [0.25, 0.3) is 16.7 Å². The Balaban J connectivity index is 1.43. The van der Waals surface area contributed by atoms with Crippen molar-refractivity contribution in [2.45, 2.75) is 64.6 Å². The number of hydrogen-bond acceptors (Lipinski definition) is 6. The zero-order chi connectivity index (χ0) is 26.1. The Kier molecular flexibility index (Phi) is 5.21. The fourth-order valence-electron chi connectivity index (χ4n) is 5.74. The van der Waals surface area contributed by atoms with Crippen molar-refractivity contribution in [2.24, 2.45) is 0 Å². The van der Waals surface area contributed by atoms with Crippen LogP contribution >= 0.6 is 0 Å². The number of likely N-dealkylation sites (N-methyl/N-ethyl adjacent to an activating group) is 1. The Labute approximate surface area is 215 Å². The molecule has 0 bridgehead atoms. The lowest BCUT2D eigenvalue weighted by Gasteiger charge is -2.32. The van der Waals surface area contributed by atoms with Crippen molar-refractivity contribution < 1.29 is 0 Å². The van der Waals surface area contributed by atoms with Gasteiger partial charge in [0.15, 0.2) is 5.65 Å². The topological polar surface area (TPSA) is 90.0 Å². The fourth-order valence-corrected chi connectivity index (χ4v) is 5.74. The van der Waals surface area contributed by atoms with E-state index >= 15 is 0 Å². The van der Waals surface area contributed by atoms with Crippen LogP contribution in [0.5, 0.6) is 0 Å². The summed E-state index contributed by atoms with van der Waals surface area (Å²) in [5, 5.41) is 3.79. The number of nitrogens with zero attached hydrogens (tertiary/aromatic N) is 6. The number of anilines is 2. The zero-order valence-corrected chi connectivity index (χ0v) is 22.1. The minimum absolute atomic E-state index is 0.0962. The Morgan fingerprint density at radius 2 is 1.89 bits per heavy atom. The highest BCUT2D eigenvalue weighted by molar-refractivity contribution is 5.77. The van der Waals surface area contributed by atoms with Gasteiger partial charge in [-0.15, -0.1) is 0 Å². The number of rotatable bonds is 4. The predicted molar refractivity (Wildman–Crippen MR) is 145 cm³/mol. The van der Waals surface area contributed by atoms with E-state index in [0.29, 0.717) is 34.6 Å². The third-order valence-electron chi connectivity index (χ3n) is 7.64. The van der Waals surface area contributed by atoms with Gasteiger partial charge in [-0.3, -0.25) is 9.59 Å². The first kappa shape index (κ1) is 23.7.